The lowest BCUT2D eigenvalue weighted by molar-refractivity contribution is -0.132. The standard InChI is InChI=1S/C26H22ClNO5/c1-14-11-21(33-3)15(2)10-20(14)24(30)22-23(16-6-4-9-19(29)12-16)28(26(32)25(22)31)18-8-5-7-17(27)13-18/h4-13,23,29-30H,1-3H3/b24-22+. The highest BCUT2D eigenvalue weighted by atomic mass is 35.5. The third kappa shape index (κ3) is 3.94. The minimum absolute atomic E-state index is 0.0272. The average molecular weight is 464 g/mol. The number of hydrogen-bond donors (Lipinski definition) is 2. The first-order chi connectivity index (χ1) is 15.7. The van der Waals surface area contributed by atoms with E-state index in [4.69, 9.17) is 16.3 Å². The number of ether oxygens (including phenoxy) is 1. The Kier molecular flexibility index (Phi) is 5.87. The number of hydrogen-bond acceptors (Lipinski definition) is 5. The number of anilines is 1. The van der Waals surface area contributed by atoms with Crippen molar-refractivity contribution in [1.29, 1.82) is 0 Å². The Morgan fingerprint density at radius 3 is 2.39 bits per heavy atom. The number of phenols is 1. The molecule has 3 aromatic rings. The Labute approximate surface area is 196 Å². The summed E-state index contributed by atoms with van der Waals surface area (Å²) in [7, 11) is 1.56. The molecule has 0 aromatic heterocycles. The summed E-state index contributed by atoms with van der Waals surface area (Å²) >= 11 is 6.15. The quantitative estimate of drug-likeness (QED) is 0.311. The van der Waals surface area contributed by atoms with E-state index in [0.717, 1.165) is 5.56 Å². The smallest absolute Gasteiger partial charge is 0.300 e. The van der Waals surface area contributed by atoms with Crippen molar-refractivity contribution in [1.82, 2.24) is 0 Å². The van der Waals surface area contributed by atoms with Gasteiger partial charge in [-0.3, -0.25) is 14.5 Å². The maximum absolute atomic E-state index is 13.2. The minimum atomic E-state index is -0.961. The number of amides is 1. The van der Waals surface area contributed by atoms with Crippen LogP contribution >= 0.6 is 11.6 Å². The van der Waals surface area contributed by atoms with Gasteiger partial charge in [-0.05, 0) is 73.0 Å². The van der Waals surface area contributed by atoms with E-state index >= 15 is 0 Å². The molecule has 1 heterocycles. The summed E-state index contributed by atoms with van der Waals surface area (Å²) < 4.78 is 5.35. The van der Waals surface area contributed by atoms with Gasteiger partial charge in [0.2, 0.25) is 0 Å². The van der Waals surface area contributed by atoms with E-state index in [0.29, 0.717) is 33.1 Å². The number of carbonyl (C=O) groups excluding carboxylic acids is 2. The molecule has 1 saturated heterocycles. The van der Waals surface area contributed by atoms with E-state index in [9.17, 15) is 19.8 Å². The molecule has 1 atom stereocenters. The van der Waals surface area contributed by atoms with Gasteiger partial charge in [-0.15, -0.1) is 0 Å². The van der Waals surface area contributed by atoms with Crippen LogP contribution in [0.5, 0.6) is 11.5 Å². The zero-order valence-electron chi connectivity index (χ0n) is 18.3. The summed E-state index contributed by atoms with van der Waals surface area (Å²) in [6, 6.07) is 15.4. The number of aliphatic hydroxyl groups is 1. The number of nitrogens with zero attached hydrogens (tertiary/aromatic N) is 1. The van der Waals surface area contributed by atoms with Crippen LogP contribution in [0.4, 0.5) is 5.69 Å². The van der Waals surface area contributed by atoms with Crippen molar-refractivity contribution in [2.24, 2.45) is 0 Å². The lowest BCUT2D eigenvalue weighted by Crippen LogP contribution is -2.29. The van der Waals surface area contributed by atoms with E-state index in [1.165, 1.54) is 17.0 Å². The monoisotopic (exact) mass is 463 g/mol. The minimum Gasteiger partial charge on any atom is -0.508 e. The SMILES string of the molecule is COc1cc(C)c(/C(O)=C2\C(=O)C(=O)N(c3cccc(Cl)c3)C2c2cccc(O)c2)cc1C. The van der Waals surface area contributed by atoms with Crippen molar-refractivity contribution < 1.29 is 24.5 Å². The van der Waals surface area contributed by atoms with Gasteiger partial charge in [0, 0.05) is 16.3 Å². The van der Waals surface area contributed by atoms with Crippen LogP contribution in [-0.4, -0.2) is 29.0 Å². The fourth-order valence-electron chi connectivity index (χ4n) is 4.14. The lowest BCUT2D eigenvalue weighted by Gasteiger charge is -2.26. The second-order valence-electron chi connectivity index (χ2n) is 7.88. The van der Waals surface area contributed by atoms with Crippen molar-refractivity contribution in [3.05, 3.63) is 93.5 Å². The largest absolute Gasteiger partial charge is 0.508 e. The number of aryl methyl sites for hydroxylation is 2. The van der Waals surface area contributed by atoms with E-state index in [1.807, 2.05) is 6.92 Å². The Hall–Kier alpha value is -3.77. The number of carbonyl (C=O) groups is 2. The number of Topliss-reactive ketones (excluding diaryl/α,β-unsaturated/α-hetero) is 1. The number of methoxy groups -OCH3 is 1. The van der Waals surface area contributed by atoms with Gasteiger partial charge in [-0.2, -0.15) is 0 Å². The molecular weight excluding hydrogens is 442 g/mol. The molecule has 4 rings (SSSR count). The summed E-state index contributed by atoms with van der Waals surface area (Å²) in [5, 5.41) is 21.8. The molecule has 0 bridgehead atoms. The fraction of sp³-hybridized carbons (Fsp3) is 0.154. The van der Waals surface area contributed by atoms with Crippen molar-refractivity contribution in [2.75, 3.05) is 12.0 Å². The molecule has 3 aromatic carbocycles. The van der Waals surface area contributed by atoms with Crippen LogP contribution in [0, 0.1) is 13.8 Å². The lowest BCUT2D eigenvalue weighted by atomic mass is 9.93. The number of aromatic hydroxyl groups is 1. The molecule has 1 aliphatic heterocycles. The molecule has 1 unspecified atom stereocenters. The molecule has 2 N–H and O–H groups in total. The van der Waals surface area contributed by atoms with E-state index in [-0.39, 0.29) is 17.1 Å². The third-order valence-electron chi connectivity index (χ3n) is 5.71. The first-order valence-corrected chi connectivity index (χ1v) is 10.6. The molecule has 0 aliphatic carbocycles. The number of rotatable bonds is 4. The molecule has 1 fully saturated rings. The van der Waals surface area contributed by atoms with Crippen molar-refractivity contribution in [2.45, 2.75) is 19.9 Å². The summed E-state index contributed by atoms with van der Waals surface area (Å²) in [4.78, 5) is 27.7. The highest BCUT2D eigenvalue weighted by Crippen LogP contribution is 2.43. The zero-order chi connectivity index (χ0) is 23.9. The molecule has 6 nitrogen and oxygen atoms in total. The van der Waals surface area contributed by atoms with Crippen molar-refractivity contribution in [3.8, 4) is 11.5 Å². The topological polar surface area (TPSA) is 87.1 Å². The Balaban J connectivity index is 1.99. The highest BCUT2D eigenvalue weighted by molar-refractivity contribution is 6.51. The molecular formula is C26H22ClNO5. The van der Waals surface area contributed by atoms with Crippen LogP contribution in [0.3, 0.4) is 0 Å². The number of aliphatic hydroxyl groups excluding tert-OH is 1. The highest BCUT2D eigenvalue weighted by Gasteiger charge is 2.47. The van der Waals surface area contributed by atoms with Crippen molar-refractivity contribution in [3.63, 3.8) is 0 Å². The van der Waals surface area contributed by atoms with Crippen molar-refractivity contribution >= 4 is 34.7 Å². The Morgan fingerprint density at radius 1 is 1.00 bits per heavy atom. The van der Waals surface area contributed by atoms with Gasteiger partial charge in [0.15, 0.2) is 0 Å². The Morgan fingerprint density at radius 2 is 1.73 bits per heavy atom. The van der Waals surface area contributed by atoms with E-state index < -0.39 is 17.7 Å². The zero-order valence-corrected chi connectivity index (χ0v) is 19.1. The normalized spacial score (nSPS) is 17.5. The van der Waals surface area contributed by atoms with E-state index in [2.05, 4.69) is 0 Å². The van der Waals surface area contributed by atoms with Gasteiger partial charge in [0.25, 0.3) is 11.7 Å². The van der Waals surface area contributed by atoms with Crippen LogP contribution < -0.4 is 9.64 Å². The maximum Gasteiger partial charge on any atom is 0.300 e. The van der Waals surface area contributed by atoms with Gasteiger partial charge in [0.1, 0.15) is 17.3 Å². The molecule has 33 heavy (non-hydrogen) atoms. The number of halogens is 1. The summed E-state index contributed by atoms with van der Waals surface area (Å²) in [5.41, 5.74) is 2.67. The molecule has 0 radical (unpaired) electrons. The molecule has 1 amide bonds. The predicted molar refractivity (Wildman–Crippen MR) is 127 cm³/mol. The molecule has 7 heteroatoms. The van der Waals surface area contributed by atoms with Gasteiger partial charge in [0.05, 0.1) is 18.7 Å². The first-order valence-electron chi connectivity index (χ1n) is 10.2. The fourth-order valence-corrected chi connectivity index (χ4v) is 4.33. The van der Waals surface area contributed by atoms with Gasteiger partial charge >= 0.3 is 0 Å². The van der Waals surface area contributed by atoms with Crippen LogP contribution in [-0.2, 0) is 9.59 Å². The number of ketones is 1. The molecule has 168 valence electrons. The molecule has 1 aliphatic rings. The molecule has 0 saturated carbocycles. The van der Waals surface area contributed by atoms with Crippen LogP contribution in [0.2, 0.25) is 5.02 Å². The first kappa shape index (κ1) is 22.4. The third-order valence-corrected chi connectivity index (χ3v) is 5.95. The van der Waals surface area contributed by atoms with Gasteiger partial charge in [-0.25, -0.2) is 0 Å². The summed E-state index contributed by atoms with van der Waals surface area (Å²) in [6.07, 6.45) is 0. The second-order valence-corrected chi connectivity index (χ2v) is 8.32. The number of benzene rings is 3. The van der Waals surface area contributed by atoms with E-state index in [1.54, 1.807) is 62.6 Å². The second kappa shape index (κ2) is 8.64. The van der Waals surface area contributed by atoms with Gasteiger partial charge in [-0.1, -0.05) is 29.8 Å². The predicted octanol–water partition coefficient (Wildman–Crippen LogP) is 5.30. The number of phenolic OH excluding ortho intramolecular Hbond substituents is 1. The maximum atomic E-state index is 13.2. The van der Waals surface area contributed by atoms with Crippen LogP contribution in [0.15, 0.2) is 66.2 Å². The van der Waals surface area contributed by atoms with Crippen LogP contribution in [0.25, 0.3) is 5.76 Å². The van der Waals surface area contributed by atoms with Gasteiger partial charge < -0.3 is 14.9 Å². The Bertz CT molecular complexity index is 1310. The average Bonchev–Trinajstić information content (AvgIpc) is 3.05. The molecule has 0 spiro atoms. The summed E-state index contributed by atoms with van der Waals surface area (Å²) in [6.45, 7) is 3.61. The summed E-state index contributed by atoms with van der Waals surface area (Å²) in [5.74, 6) is -1.30. The van der Waals surface area contributed by atoms with Crippen LogP contribution in [0.1, 0.15) is 28.3 Å².